The summed E-state index contributed by atoms with van der Waals surface area (Å²) in [4.78, 5) is 23.6. The number of hydrogen-bond donors (Lipinski definition) is 2. The summed E-state index contributed by atoms with van der Waals surface area (Å²) in [5.41, 5.74) is 5.55. The zero-order valence-corrected chi connectivity index (χ0v) is 13.6. The second-order valence-electron chi connectivity index (χ2n) is 5.39. The smallest absolute Gasteiger partial charge is 0.291 e. The molecule has 3 rings (SSSR count). The van der Waals surface area contributed by atoms with Crippen molar-refractivity contribution >= 4 is 17.5 Å². The average Bonchev–Trinajstić information content (AvgIpc) is 3.11. The molecule has 2 aromatic carbocycles. The van der Waals surface area contributed by atoms with Crippen molar-refractivity contribution in [2.24, 2.45) is 5.73 Å². The van der Waals surface area contributed by atoms with Crippen LogP contribution < -0.4 is 15.8 Å². The van der Waals surface area contributed by atoms with Crippen LogP contribution in [0, 0.1) is 5.82 Å². The predicted molar refractivity (Wildman–Crippen MR) is 92.4 cm³/mol. The van der Waals surface area contributed by atoms with E-state index in [0.29, 0.717) is 11.3 Å². The van der Waals surface area contributed by atoms with Gasteiger partial charge in [0.05, 0.1) is 11.8 Å². The molecule has 0 unspecified atom stereocenters. The molecule has 3 aromatic rings. The molecule has 1 heterocycles. The van der Waals surface area contributed by atoms with Gasteiger partial charge < -0.3 is 20.2 Å². The zero-order valence-electron chi connectivity index (χ0n) is 13.6. The van der Waals surface area contributed by atoms with Gasteiger partial charge in [-0.25, -0.2) is 4.39 Å². The normalized spacial score (nSPS) is 10.3. The van der Waals surface area contributed by atoms with Gasteiger partial charge in [0.25, 0.3) is 11.8 Å². The maximum Gasteiger partial charge on any atom is 0.291 e. The summed E-state index contributed by atoms with van der Waals surface area (Å²) in [5.74, 6) is -1.52. The first kappa shape index (κ1) is 17.2. The summed E-state index contributed by atoms with van der Waals surface area (Å²) in [7, 11) is 0. The van der Waals surface area contributed by atoms with Crippen molar-refractivity contribution in [2.75, 3.05) is 5.32 Å². The van der Waals surface area contributed by atoms with Gasteiger partial charge in [-0.2, -0.15) is 0 Å². The fourth-order valence-electron chi connectivity index (χ4n) is 2.31. The summed E-state index contributed by atoms with van der Waals surface area (Å²) in [6.07, 6.45) is 1.37. The van der Waals surface area contributed by atoms with Crippen LogP contribution in [0.2, 0.25) is 0 Å². The third-order valence-electron chi connectivity index (χ3n) is 3.58. The molecule has 7 heteroatoms. The molecule has 0 fully saturated rings. The van der Waals surface area contributed by atoms with Crippen LogP contribution in [0.1, 0.15) is 26.5 Å². The van der Waals surface area contributed by atoms with Crippen molar-refractivity contribution in [3.63, 3.8) is 0 Å². The van der Waals surface area contributed by atoms with E-state index in [4.69, 9.17) is 14.9 Å². The van der Waals surface area contributed by atoms with E-state index < -0.39 is 17.6 Å². The molecule has 0 atom stereocenters. The first-order valence-electron chi connectivity index (χ1n) is 7.69. The molecule has 3 N–H and O–H groups in total. The Morgan fingerprint density at radius 3 is 2.62 bits per heavy atom. The van der Waals surface area contributed by atoms with Crippen LogP contribution in [0.15, 0.2) is 65.3 Å². The molecule has 0 bridgehead atoms. The molecule has 0 radical (unpaired) electrons. The van der Waals surface area contributed by atoms with Gasteiger partial charge in [0.1, 0.15) is 18.2 Å². The van der Waals surface area contributed by atoms with Crippen molar-refractivity contribution in [3.8, 4) is 5.75 Å². The number of nitrogens with two attached hydrogens (primary N) is 1. The highest BCUT2D eigenvalue weighted by molar-refractivity contribution is 6.04. The van der Waals surface area contributed by atoms with Crippen molar-refractivity contribution in [2.45, 2.75) is 6.61 Å². The van der Waals surface area contributed by atoms with Crippen molar-refractivity contribution in [1.29, 1.82) is 0 Å². The van der Waals surface area contributed by atoms with E-state index >= 15 is 0 Å². The van der Waals surface area contributed by atoms with Crippen molar-refractivity contribution in [3.05, 3.63) is 83.6 Å². The Balaban J connectivity index is 1.72. The van der Waals surface area contributed by atoms with Gasteiger partial charge in [-0.1, -0.05) is 18.2 Å². The number of nitrogens with one attached hydrogen (secondary N) is 1. The summed E-state index contributed by atoms with van der Waals surface area (Å²) in [6.45, 7) is 0.138. The molecule has 132 valence electrons. The summed E-state index contributed by atoms with van der Waals surface area (Å²) < 4.78 is 24.3. The van der Waals surface area contributed by atoms with E-state index in [1.54, 1.807) is 18.2 Å². The van der Waals surface area contributed by atoms with E-state index in [2.05, 4.69) is 5.32 Å². The molecule has 0 aliphatic heterocycles. The molecule has 0 saturated carbocycles. The van der Waals surface area contributed by atoms with E-state index in [1.807, 2.05) is 18.2 Å². The van der Waals surface area contributed by atoms with E-state index in [1.165, 1.54) is 18.4 Å². The number of ether oxygens (including phenoxy) is 1. The molecular formula is C19H15FN2O4. The molecule has 0 aliphatic rings. The lowest BCUT2D eigenvalue weighted by Gasteiger charge is -2.08. The van der Waals surface area contributed by atoms with E-state index in [0.717, 1.165) is 6.07 Å². The van der Waals surface area contributed by atoms with Crippen molar-refractivity contribution < 1.29 is 23.1 Å². The monoisotopic (exact) mass is 354 g/mol. The minimum absolute atomic E-state index is 0.0610. The van der Waals surface area contributed by atoms with Gasteiger partial charge in [0.2, 0.25) is 0 Å². The number of halogens is 1. The molecule has 26 heavy (non-hydrogen) atoms. The molecule has 0 spiro atoms. The third kappa shape index (κ3) is 3.89. The Bertz CT molecular complexity index is 938. The number of primary amides is 1. The lowest BCUT2D eigenvalue weighted by molar-refractivity contribution is 0.0984. The van der Waals surface area contributed by atoms with Gasteiger partial charge in [0.15, 0.2) is 5.76 Å². The number of para-hydroxylation sites is 1. The van der Waals surface area contributed by atoms with Crippen LogP contribution in [0.4, 0.5) is 10.1 Å². The fourth-order valence-corrected chi connectivity index (χ4v) is 2.31. The molecule has 2 amide bonds. The highest BCUT2D eigenvalue weighted by Crippen LogP contribution is 2.19. The topological polar surface area (TPSA) is 94.6 Å². The minimum Gasteiger partial charge on any atom is -0.489 e. The number of benzene rings is 2. The van der Waals surface area contributed by atoms with Crippen LogP contribution >= 0.6 is 0 Å². The van der Waals surface area contributed by atoms with Crippen LogP contribution in [0.3, 0.4) is 0 Å². The number of hydrogen-bond acceptors (Lipinski definition) is 4. The SMILES string of the molecule is NC(=O)c1cc(NC(=O)c2occc2COc2ccccc2)ccc1F. The number of anilines is 1. The largest absolute Gasteiger partial charge is 0.489 e. The van der Waals surface area contributed by atoms with Gasteiger partial charge in [-0.15, -0.1) is 0 Å². The predicted octanol–water partition coefficient (Wildman–Crippen LogP) is 3.35. The number of carbonyl (C=O) groups excluding carboxylic acids is 2. The second-order valence-corrected chi connectivity index (χ2v) is 5.39. The summed E-state index contributed by atoms with van der Waals surface area (Å²) in [6, 6.07) is 14.3. The Hall–Kier alpha value is -3.61. The average molecular weight is 354 g/mol. The fraction of sp³-hybridized carbons (Fsp3) is 0.0526. The standard InChI is InChI=1S/C19H15FN2O4/c20-16-7-6-13(10-15(16)18(21)23)22-19(24)17-12(8-9-25-17)11-26-14-4-2-1-3-5-14/h1-10H,11H2,(H2,21,23)(H,22,24). The maximum atomic E-state index is 13.5. The highest BCUT2D eigenvalue weighted by atomic mass is 19.1. The van der Waals surface area contributed by atoms with E-state index in [-0.39, 0.29) is 23.6 Å². The number of furan rings is 1. The summed E-state index contributed by atoms with van der Waals surface area (Å²) >= 11 is 0. The zero-order chi connectivity index (χ0) is 18.5. The molecule has 0 saturated heterocycles. The van der Waals surface area contributed by atoms with Gasteiger partial charge in [-0.3, -0.25) is 9.59 Å². The number of carbonyl (C=O) groups is 2. The van der Waals surface area contributed by atoms with Gasteiger partial charge in [-0.05, 0) is 36.4 Å². The van der Waals surface area contributed by atoms with Crippen molar-refractivity contribution in [1.82, 2.24) is 0 Å². The second kappa shape index (κ2) is 7.52. The van der Waals surface area contributed by atoms with Gasteiger partial charge >= 0.3 is 0 Å². The minimum atomic E-state index is -0.923. The Kier molecular flexibility index (Phi) is 4.98. The maximum absolute atomic E-state index is 13.5. The Labute approximate surface area is 148 Å². The molecule has 0 aliphatic carbocycles. The highest BCUT2D eigenvalue weighted by Gasteiger charge is 2.17. The number of amides is 2. The van der Waals surface area contributed by atoms with Crippen LogP contribution in [-0.4, -0.2) is 11.8 Å². The molecule has 6 nitrogen and oxygen atoms in total. The van der Waals surface area contributed by atoms with Crippen LogP contribution in [-0.2, 0) is 6.61 Å². The number of rotatable bonds is 6. The molecule has 1 aromatic heterocycles. The van der Waals surface area contributed by atoms with Gasteiger partial charge in [0, 0.05) is 11.3 Å². The lowest BCUT2D eigenvalue weighted by Crippen LogP contribution is -2.16. The van der Waals surface area contributed by atoms with Crippen LogP contribution in [0.5, 0.6) is 5.75 Å². The first-order valence-corrected chi connectivity index (χ1v) is 7.69. The Morgan fingerprint density at radius 2 is 1.88 bits per heavy atom. The van der Waals surface area contributed by atoms with E-state index in [9.17, 15) is 14.0 Å². The quantitative estimate of drug-likeness (QED) is 0.710. The lowest BCUT2D eigenvalue weighted by atomic mass is 10.1. The Morgan fingerprint density at radius 1 is 1.12 bits per heavy atom. The first-order chi connectivity index (χ1) is 12.5. The summed E-state index contributed by atoms with van der Waals surface area (Å²) in [5, 5.41) is 2.54. The third-order valence-corrected chi connectivity index (χ3v) is 3.58. The molecular weight excluding hydrogens is 339 g/mol. The van der Waals surface area contributed by atoms with Crippen LogP contribution in [0.25, 0.3) is 0 Å².